The molecule has 0 unspecified atom stereocenters. The number of aryl methyl sites for hydroxylation is 1. The second kappa shape index (κ2) is 15.0. The number of anilines is 1. The number of nitrogens with zero attached hydrogens (tertiary/aromatic N) is 2. The first kappa shape index (κ1) is 32.9. The lowest BCUT2D eigenvalue weighted by Gasteiger charge is -2.35. The summed E-state index contributed by atoms with van der Waals surface area (Å²) >= 11 is 0. The van der Waals surface area contributed by atoms with Crippen LogP contribution in [0.25, 0.3) is 0 Å². The first-order chi connectivity index (χ1) is 20.4. The van der Waals surface area contributed by atoms with Crippen molar-refractivity contribution in [2.24, 2.45) is 0 Å². The molecule has 0 radical (unpaired) electrons. The molecule has 2 aromatic rings. The number of nitrogens with one attached hydrogen (secondary N) is 1. The lowest BCUT2D eigenvalue weighted by atomic mass is 9.96. The molecule has 230 valence electrons. The van der Waals surface area contributed by atoms with Gasteiger partial charge in [0.25, 0.3) is 5.91 Å². The third kappa shape index (κ3) is 9.72. The van der Waals surface area contributed by atoms with Gasteiger partial charge in [-0.3, -0.25) is 28.9 Å². The lowest BCUT2D eigenvalue weighted by molar-refractivity contribution is -0.170. The van der Waals surface area contributed by atoms with E-state index in [0.717, 1.165) is 42.9 Å². The van der Waals surface area contributed by atoms with Gasteiger partial charge in [-0.25, -0.2) is 4.79 Å². The van der Waals surface area contributed by atoms with E-state index in [1.807, 2.05) is 47.4 Å². The van der Waals surface area contributed by atoms with Crippen molar-refractivity contribution in [1.82, 2.24) is 9.80 Å². The Bertz CT molecular complexity index is 1340. The molecule has 2 aliphatic heterocycles. The number of fused-ring (bicyclic) bond motifs is 1. The summed E-state index contributed by atoms with van der Waals surface area (Å²) in [5.41, 5.74) is 0.571. The molecular weight excluding hydrogens is 562 g/mol. The molecule has 5 N–H and O–H groups in total. The Balaban J connectivity index is 0.000000331. The number of piperazine rings is 1. The van der Waals surface area contributed by atoms with E-state index in [4.69, 9.17) is 20.4 Å². The number of Topliss-reactive ketones (excluding diaryl/α,β-unsaturated/α-hetero) is 1. The minimum atomic E-state index is -2.74. The van der Waals surface area contributed by atoms with Gasteiger partial charge < -0.3 is 30.6 Å². The second-order valence-electron chi connectivity index (χ2n) is 10.4. The van der Waals surface area contributed by atoms with Crippen molar-refractivity contribution in [1.29, 1.82) is 0 Å². The fourth-order valence-electron chi connectivity index (χ4n) is 4.82. The second-order valence-corrected chi connectivity index (χ2v) is 10.4. The lowest BCUT2D eigenvalue weighted by Crippen LogP contribution is -2.48. The Morgan fingerprint density at radius 2 is 1.44 bits per heavy atom. The van der Waals surface area contributed by atoms with Gasteiger partial charge >= 0.3 is 17.9 Å². The number of amides is 2. The number of carboxylic acid groups (broad SMARTS) is 3. The van der Waals surface area contributed by atoms with E-state index in [0.29, 0.717) is 37.9 Å². The molecule has 43 heavy (non-hydrogen) atoms. The van der Waals surface area contributed by atoms with E-state index < -0.39 is 36.4 Å². The van der Waals surface area contributed by atoms with Crippen LogP contribution in [0.1, 0.15) is 58.4 Å². The van der Waals surface area contributed by atoms with Crippen LogP contribution in [0.5, 0.6) is 0 Å². The summed E-state index contributed by atoms with van der Waals surface area (Å²) in [7, 11) is 0. The summed E-state index contributed by atoms with van der Waals surface area (Å²) in [6, 6.07) is 15.0. The molecule has 0 bridgehead atoms. The first-order valence-corrected chi connectivity index (χ1v) is 13.8. The highest BCUT2D eigenvalue weighted by Gasteiger charge is 2.40. The van der Waals surface area contributed by atoms with E-state index in [9.17, 15) is 28.8 Å². The van der Waals surface area contributed by atoms with Crippen LogP contribution in [0.4, 0.5) is 5.69 Å². The van der Waals surface area contributed by atoms with Crippen LogP contribution in [0.15, 0.2) is 48.5 Å². The molecule has 0 spiro atoms. The first-order valence-electron chi connectivity index (χ1n) is 13.8. The standard InChI is InChI=1S/C24H27N3O3.C6H8O7/c28-22(18-5-2-1-3-6-18)7-4-12-26-13-15-27(16-14-26)24(30)20-8-10-21-19(17-20)9-11-23(29)25-21;7-3(8)1-6(13,5(11)12)2-4(9)10/h1-3,5-6,8,10,17H,4,7,9,11-16H2,(H,25,29);13H,1-2H2,(H,7,8)(H,9,10)(H,11,12). The van der Waals surface area contributed by atoms with Crippen LogP contribution in [-0.2, 0) is 25.6 Å². The Kier molecular flexibility index (Phi) is 11.5. The summed E-state index contributed by atoms with van der Waals surface area (Å²) < 4.78 is 0. The summed E-state index contributed by atoms with van der Waals surface area (Å²) in [4.78, 5) is 71.3. The Hall–Kier alpha value is -4.62. The van der Waals surface area contributed by atoms with Gasteiger partial charge in [0.05, 0.1) is 12.8 Å². The number of carboxylic acids is 3. The Labute approximate surface area is 247 Å². The zero-order valence-corrected chi connectivity index (χ0v) is 23.5. The van der Waals surface area contributed by atoms with Gasteiger partial charge in [-0.1, -0.05) is 30.3 Å². The van der Waals surface area contributed by atoms with E-state index in [-0.39, 0.29) is 17.6 Å². The predicted octanol–water partition coefficient (Wildman–Crippen LogP) is 1.74. The van der Waals surface area contributed by atoms with E-state index in [1.165, 1.54) is 0 Å². The van der Waals surface area contributed by atoms with Crippen molar-refractivity contribution < 1.29 is 49.2 Å². The number of ketones is 1. The highest BCUT2D eigenvalue weighted by atomic mass is 16.4. The Morgan fingerprint density at radius 3 is 2.02 bits per heavy atom. The fraction of sp³-hybridized carbons (Fsp3) is 0.400. The van der Waals surface area contributed by atoms with Crippen molar-refractivity contribution in [3.8, 4) is 0 Å². The van der Waals surface area contributed by atoms with Crippen LogP contribution < -0.4 is 5.32 Å². The van der Waals surface area contributed by atoms with Gasteiger partial charge in [0.2, 0.25) is 5.91 Å². The number of aliphatic carboxylic acids is 3. The molecule has 13 nitrogen and oxygen atoms in total. The largest absolute Gasteiger partial charge is 0.481 e. The SMILES string of the molecule is O=C(O)CC(O)(CC(=O)O)C(=O)O.O=C1CCc2cc(C(=O)N3CCN(CCCC(=O)c4ccccc4)CC3)ccc2N1. The van der Waals surface area contributed by atoms with E-state index in [2.05, 4.69) is 10.2 Å². The number of carbonyl (C=O) groups excluding carboxylic acids is 3. The zero-order valence-electron chi connectivity index (χ0n) is 23.5. The third-order valence-electron chi connectivity index (χ3n) is 7.17. The predicted molar refractivity (Wildman–Crippen MR) is 153 cm³/mol. The molecule has 13 heteroatoms. The minimum Gasteiger partial charge on any atom is -0.481 e. The van der Waals surface area contributed by atoms with Crippen molar-refractivity contribution in [3.63, 3.8) is 0 Å². The number of carbonyl (C=O) groups is 6. The molecule has 2 heterocycles. The summed E-state index contributed by atoms with van der Waals surface area (Å²) in [6.45, 7) is 3.91. The van der Waals surface area contributed by atoms with Crippen LogP contribution in [0, 0.1) is 0 Å². The number of hydrogen-bond acceptors (Lipinski definition) is 8. The van der Waals surface area contributed by atoms with Gasteiger partial charge in [-0.2, -0.15) is 0 Å². The van der Waals surface area contributed by atoms with Crippen LogP contribution in [0.2, 0.25) is 0 Å². The van der Waals surface area contributed by atoms with Crippen molar-refractivity contribution in [2.45, 2.75) is 44.1 Å². The number of aliphatic hydroxyl groups is 1. The molecular formula is C30H35N3O10. The van der Waals surface area contributed by atoms with Crippen LogP contribution in [0.3, 0.4) is 0 Å². The quantitative estimate of drug-likeness (QED) is 0.236. The van der Waals surface area contributed by atoms with Gasteiger partial charge in [0, 0.05) is 55.8 Å². The maximum Gasteiger partial charge on any atom is 0.336 e. The summed E-state index contributed by atoms with van der Waals surface area (Å²) in [5, 5.41) is 36.7. The van der Waals surface area contributed by atoms with Crippen LogP contribution >= 0.6 is 0 Å². The maximum absolute atomic E-state index is 12.9. The van der Waals surface area contributed by atoms with Crippen LogP contribution in [-0.4, -0.2) is 104 Å². The molecule has 2 aliphatic rings. The average Bonchev–Trinajstić information content (AvgIpc) is 2.96. The topological polar surface area (TPSA) is 202 Å². The van der Waals surface area contributed by atoms with Gasteiger partial charge in [-0.05, 0) is 43.1 Å². The van der Waals surface area contributed by atoms with Crippen molar-refractivity contribution in [2.75, 3.05) is 38.0 Å². The normalized spacial score (nSPS) is 14.9. The zero-order chi connectivity index (χ0) is 31.6. The molecule has 0 atom stereocenters. The monoisotopic (exact) mass is 597 g/mol. The minimum absolute atomic E-state index is 0.0307. The summed E-state index contributed by atoms with van der Waals surface area (Å²) in [6.07, 6.45) is 0.240. The Morgan fingerprint density at radius 1 is 0.814 bits per heavy atom. The van der Waals surface area contributed by atoms with Gasteiger partial charge in [0.15, 0.2) is 11.4 Å². The molecule has 2 aromatic carbocycles. The summed E-state index contributed by atoms with van der Waals surface area (Å²) in [5.74, 6) is -4.75. The molecule has 2 amide bonds. The highest BCUT2D eigenvalue weighted by Crippen LogP contribution is 2.24. The molecule has 4 rings (SSSR count). The fourth-order valence-corrected chi connectivity index (χ4v) is 4.82. The third-order valence-corrected chi connectivity index (χ3v) is 7.17. The highest BCUT2D eigenvalue weighted by molar-refractivity contribution is 5.98. The number of benzene rings is 2. The van der Waals surface area contributed by atoms with E-state index >= 15 is 0 Å². The maximum atomic E-state index is 12.9. The van der Waals surface area contributed by atoms with Crippen molar-refractivity contribution in [3.05, 3.63) is 65.2 Å². The molecule has 1 saturated heterocycles. The van der Waals surface area contributed by atoms with Gasteiger partial charge in [0.1, 0.15) is 0 Å². The average molecular weight is 598 g/mol. The molecule has 0 saturated carbocycles. The molecule has 0 aromatic heterocycles. The van der Waals surface area contributed by atoms with Crippen molar-refractivity contribution >= 4 is 41.2 Å². The smallest absolute Gasteiger partial charge is 0.336 e. The number of rotatable bonds is 11. The van der Waals surface area contributed by atoms with E-state index in [1.54, 1.807) is 6.07 Å². The molecule has 1 fully saturated rings. The molecule has 0 aliphatic carbocycles. The van der Waals surface area contributed by atoms with Gasteiger partial charge in [-0.15, -0.1) is 0 Å². The number of hydrogen-bond donors (Lipinski definition) is 5.